The Hall–Kier alpha value is -1.06. The lowest BCUT2D eigenvalue weighted by molar-refractivity contribution is 0.794. The number of fused-ring (bicyclic) bond motifs is 1. The third-order valence-electron chi connectivity index (χ3n) is 2.92. The molecule has 2 heterocycles. The lowest BCUT2D eigenvalue weighted by Crippen LogP contribution is -2.22. The van der Waals surface area contributed by atoms with E-state index in [1.54, 1.807) is 11.3 Å². The van der Waals surface area contributed by atoms with Crippen LogP contribution >= 0.6 is 11.3 Å². The van der Waals surface area contributed by atoms with Gasteiger partial charge in [0.2, 0.25) is 0 Å². The molecule has 0 saturated carbocycles. The van der Waals surface area contributed by atoms with Crippen molar-refractivity contribution in [2.45, 2.75) is 12.5 Å². The number of hydrogen-bond donors (Lipinski definition) is 2. The normalized spacial score (nSPS) is 20.9. The van der Waals surface area contributed by atoms with Crippen molar-refractivity contribution >= 4 is 27.1 Å². The first-order valence-corrected chi connectivity index (χ1v) is 6.25. The fourth-order valence-corrected chi connectivity index (χ4v) is 2.93. The summed E-state index contributed by atoms with van der Waals surface area (Å²) in [6.07, 6.45) is 1.22. The summed E-state index contributed by atoms with van der Waals surface area (Å²) >= 11 is 1.80. The summed E-state index contributed by atoms with van der Waals surface area (Å²) in [6.45, 7) is 2.22. The predicted octanol–water partition coefficient (Wildman–Crippen LogP) is 2.68. The van der Waals surface area contributed by atoms with E-state index in [1.165, 1.54) is 22.2 Å². The van der Waals surface area contributed by atoms with E-state index in [0.717, 1.165) is 13.1 Å². The molecule has 1 fully saturated rings. The molecule has 15 heavy (non-hydrogen) atoms. The van der Waals surface area contributed by atoms with Gasteiger partial charge in [0.15, 0.2) is 0 Å². The molecular formula is C12H14N2S. The third-order valence-corrected chi connectivity index (χ3v) is 3.80. The highest BCUT2D eigenvalue weighted by Gasteiger charge is 2.14. The molecule has 2 nitrogen and oxygen atoms in total. The minimum absolute atomic E-state index is 0.593. The van der Waals surface area contributed by atoms with Gasteiger partial charge in [0.1, 0.15) is 0 Å². The summed E-state index contributed by atoms with van der Waals surface area (Å²) in [5.41, 5.74) is 1.28. The lowest BCUT2D eigenvalue weighted by atomic mass is 10.2. The highest BCUT2D eigenvalue weighted by Crippen LogP contribution is 2.28. The van der Waals surface area contributed by atoms with E-state index in [0.29, 0.717) is 6.04 Å². The van der Waals surface area contributed by atoms with Gasteiger partial charge in [0.25, 0.3) is 0 Å². The van der Waals surface area contributed by atoms with Crippen LogP contribution in [0, 0.1) is 0 Å². The molecule has 3 heteroatoms. The molecular weight excluding hydrogens is 204 g/mol. The van der Waals surface area contributed by atoms with Crippen molar-refractivity contribution in [1.29, 1.82) is 0 Å². The number of rotatable bonds is 2. The molecule has 1 aliphatic heterocycles. The molecule has 1 aliphatic rings. The Morgan fingerprint density at radius 3 is 3.20 bits per heavy atom. The van der Waals surface area contributed by atoms with Crippen LogP contribution in [-0.2, 0) is 0 Å². The van der Waals surface area contributed by atoms with Gasteiger partial charge in [0, 0.05) is 28.4 Å². The zero-order valence-corrected chi connectivity index (χ0v) is 9.31. The van der Waals surface area contributed by atoms with Crippen LogP contribution in [0.25, 0.3) is 10.1 Å². The molecule has 1 aromatic heterocycles. The molecule has 2 N–H and O–H groups in total. The van der Waals surface area contributed by atoms with E-state index in [9.17, 15) is 0 Å². The number of nitrogens with one attached hydrogen (secondary N) is 2. The van der Waals surface area contributed by atoms with E-state index in [4.69, 9.17) is 0 Å². The SMILES string of the molecule is c1cc(NC2CCNC2)c2ccsc2c1. The highest BCUT2D eigenvalue weighted by atomic mass is 32.1. The Morgan fingerprint density at radius 1 is 1.33 bits per heavy atom. The Bertz CT molecular complexity index is 457. The van der Waals surface area contributed by atoms with E-state index >= 15 is 0 Å². The van der Waals surface area contributed by atoms with Gasteiger partial charge < -0.3 is 10.6 Å². The number of benzene rings is 1. The number of thiophene rings is 1. The summed E-state index contributed by atoms with van der Waals surface area (Å²) in [7, 11) is 0. The zero-order valence-electron chi connectivity index (χ0n) is 8.49. The van der Waals surface area contributed by atoms with Gasteiger partial charge in [-0.05, 0) is 36.5 Å². The largest absolute Gasteiger partial charge is 0.380 e. The van der Waals surface area contributed by atoms with Crippen LogP contribution < -0.4 is 10.6 Å². The second-order valence-corrected chi connectivity index (χ2v) is 4.92. The quantitative estimate of drug-likeness (QED) is 0.810. The second kappa shape index (κ2) is 3.83. The van der Waals surface area contributed by atoms with Crippen LogP contribution in [0.15, 0.2) is 29.6 Å². The molecule has 1 unspecified atom stereocenters. The van der Waals surface area contributed by atoms with Crippen molar-refractivity contribution in [3.8, 4) is 0 Å². The van der Waals surface area contributed by atoms with Crippen molar-refractivity contribution in [3.63, 3.8) is 0 Å². The van der Waals surface area contributed by atoms with E-state index in [2.05, 4.69) is 40.3 Å². The van der Waals surface area contributed by atoms with Gasteiger partial charge in [-0.2, -0.15) is 0 Å². The molecule has 1 atom stereocenters. The van der Waals surface area contributed by atoms with Crippen LogP contribution in [0.5, 0.6) is 0 Å². The van der Waals surface area contributed by atoms with Crippen LogP contribution in [0.4, 0.5) is 5.69 Å². The topological polar surface area (TPSA) is 24.1 Å². The van der Waals surface area contributed by atoms with Crippen LogP contribution in [0.2, 0.25) is 0 Å². The summed E-state index contributed by atoms with van der Waals surface area (Å²) < 4.78 is 1.37. The fraction of sp³-hybridized carbons (Fsp3) is 0.333. The third kappa shape index (κ3) is 1.73. The van der Waals surface area contributed by atoms with Crippen molar-refractivity contribution in [3.05, 3.63) is 29.6 Å². The monoisotopic (exact) mass is 218 g/mol. The predicted molar refractivity (Wildman–Crippen MR) is 66.7 cm³/mol. The first-order valence-electron chi connectivity index (χ1n) is 5.37. The van der Waals surface area contributed by atoms with Crippen LogP contribution in [0.1, 0.15) is 6.42 Å². The lowest BCUT2D eigenvalue weighted by Gasteiger charge is -2.13. The van der Waals surface area contributed by atoms with Crippen molar-refractivity contribution in [1.82, 2.24) is 5.32 Å². The molecule has 0 spiro atoms. The minimum atomic E-state index is 0.593. The van der Waals surface area contributed by atoms with E-state index in [-0.39, 0.29) is 0 Å². The van der Waals surface area contributed by atoms with Gasteiger partial charge in [-0.25, -0.2) is 0 Å². The van der Waals surface area contributed by atoms with Gasteiger partial charge in [-0.3, -0.25) is 0 Å². The van der Waals surface area contributed by atoms with E-state index < -0.39 is 0 Å². The van der Waals surface area contributed by atoms with Crippen molar-refractivity contribution < 1.29 is 0 Å². The molecule has 2 aromatic rings. The van der Waals surface area contributed by atoms with E-state index in [1.807, 2.05) is 0 Å². The van der Waals surface area contributed by atoms with Gasteiger partial charge in [-0.1, -0.05) is 6.07 Å². The van der Waals surface area contributed by atoms with Crippen LogP contribution in [-0.4, -0.2) is 19.1 Å². The van der Waals surface area contributed by atoms with Crippen molar-refractivity contribution in [2.75, 3.05) is 18.4 Å². The standard InChI is InChI=1S/C12H14N2S/c1-2-11(14-9-4-6-13-8-9)10-5-7-15-12(10)3-1/h1-3,5,7,9,13-14H,4,6,8H2. The summed E-state index contributed by atoms with van der Waals surface area (Å²) in [6, 6.07) is 9.27. The molecule has 78 valence electrons. The van der Waals surface area contributed by atoms with Crippen LogP contribution in [0.3, 0.4) is 0 Å². The molecule has 0 amide bonds. The van der Waals surface area contributed by atoms with Gasteiger partial charge in [0.05, 0.1) is 0 Å². The number of hydrogen-bond acceptors (Lipinski definition) is 3. The van der Waals surface area contributed by atoms with Gasteiger partial charge >= 0.3 is 0 Å². The average Bonchev–Trinajstić information content (AvgIpc) is 2.87. The molecule has 0 radical (unpaired) electrons. The Balaban J connectivity index is 1.92. The summed E-state index contributed by atoms with van der Waals surface area (Å²) in [4.78, 5) is 0. The van der Waals surface area contributed by atoms with Gasteiger partial charge in [-0.15, -0.1) is 11.3 Å². The molecule has 1 aromatic carbocycles. The molecule has 1 saturated heterocycles. The maximum atomic E-state index is 3.61. The maximum Gasteiger partial charge on any atom is 0.0431 e. The second-order valence-electron chi connectivity index (χ2n) is 3.97. The highest BCUT2D eigenvalue weighted by molar-refractivity contribution is 7.17. The summed E-state index contributed by atoms with van der Waals surface area (Å²) in [5, 5.41) is 10.5. The average molecular weight is 218 g/mol. The molecule has 0 aliphatic carbocycles. The Kier molecular flexibility index (Phi) is 2.35. The first kappa shape index (κ1) is 9.19. The van der Waals surface area contributed by atoms with Crippen molar-refractivity contribution in [2.24, 2.45) is 0 Å². The summed E-state index contributed by atoms with van der Waals surface area (Å²) in [5.74, 6) is 0. The Morgan fingerprint density at radius 2 is 2.33 bits per heavy atom. The maximum absolute atomic E-state index is 3.61. The minimum Gasteiger partial charge on any atom is -0.380 e. The zero-order chi connectivity index (χ0) is 10.1. The smallest absolute Gasteiger partial charge is 0.0431 e. The first-order chi connectivity index (χ1) is 7.43. The number of anilines is 1. The molecule has 3 rings (SSSR count). The Labute approximate surface area is 93.3 Å². The fourth-order valence-electron chi connectivity index (χ4n) is 2.12. The molecule has 0 bridgehead atoms.